The molecule has 0 aromatic carbocycles. The van der Waals surface area contributed by atoms with E-state index >= 15 is 0 Å². The third-order valence-corrected chi connectivity index (χ3v) is 6.35. The molecule has 0 radical (unpaired) electrons. The number of aliphatic hydroxyl groups is 2. The minimum Gasteiger partial charge on any atom is -0.393 e. The van der Waals surface area contributed by atoms with E-state index in [4.69, 9.17) is 5.11 Å². The molecule has 0 amide bonds. The second kappa shape index (κ2) is 7.32. The Bertz CT molecular complexity index is 613. The molecule has 0 saturated heterocycles. The lowest BCUT2D eigenvalue weighted by molar-refractivity contribution is -0.343. The molecule has 2 rings (SSSR count). The number of hydrogen-bond acceptors (Lipinski definition) is 2. The zero-order chi connectivity index (χ0) is 20.7. The molecule has 154 valence electrons. The van der Waals surface area contributed by atoms with Crippen molar-refractivity contribution in [1.29, 1.82) is 0 Å². The van der Waals surface area contributed by atoms with Crippen molar-refractivity contribution in [2.24, 2.45) is 23.2 Å². The number of allylic oxidation sites excluding steroid dienone is 2. The molecule has 0 spiro atoms. The van der Waals surface area contributed by atoms with Gasteiger partial charge in [0.1, 0.15) is 0 Å². The molecule has 0 aliphatic heterocycles. The first kappa shape index (κ1) is 22.1. The van der Waals surface area contributed by atoms with Gasteiger partial charge in [-0.1, -0.05) is 32.3 Å². The second-order valence-corrected chi connectivity index (χ2v) is 7.95. The summed E-state index contributed by atoms with van der Waals surface area (Å²) in [6.07, 6.45) is -5.53. The topological polar surface area (TPSA) is 40.5 Å². The first-order valence-corrected chi connectivity index (χ1v) is 8.97. The standard InChI is InChI=1S/C19H24F6O2/c1-12(13-8-9-14-15(26)7-5-10-16(13,14)2)6-3-4-11-17(27,18(20,21)22)19(23,24)25/h3,6,12-15,26-27H,5,7-10H2,1-2H3. The lowest BCUT2D eigenvalue weighted by Crippen LogP contribution is -2.55. The van der Waals surface area contributed by atoms with Crippen molar-refractivity contribution in [3.05, 3.63) is 12.2 Å². The Morgan fingerprint density at radius 3 is 2.22 bits per heavy atom. The minimum atomic E-state index is -5.94. The quantitative estimate of drug-likeness (QED) is 0.527. The van der Waals surface area contributed by atoms with Crippen molar-refractivity contribution in [1.82, 2.24) is 0 Å². The van der Waals surface area contributed by atoms with Crippen LogP contribution in [0, 0.1) is 35.0 Å². The molecule has 2 aliphatic rings. The molecule has 0 aromatic heterocycles. The summed E-state index contributed by atoms with van der Waals surface area (Å²) in [5.41, 5.74) is -5.15. The Balaban J connectivity index is 2.14. The van der Waals surface area contributed by atoms with E-state index in [-0.39, 0.29) is 29.3 Å². The number of hydrogen-bond donors (Lipinski definition) is 2. The minimum absolute atomic E-state index is 0.104. The molecular formula is C19H24F6O2. The summed E-state index contributed by atoms with van der Waals surface area (Å²) >= 11 is 0. The molecular weight excluding hydrogens is 374 g/mol. The van der Waals surface area contributed by atoms with Gasteiger partial charge in [-0.05, 0) is 60.8 Å². The number of fused-ring (bicyclic) bond motifs is 1. The van der Waals surface area contributed by atoms with Crippen LogP contribution in [-0.4, -0.2) is 34.3 Å². The van der Waals surface area contributed by atoms with Crippen LogP contribution in [0.4, 0.5) is 26.3 Å². The van der Waals surface area contributed by atoms with E-state index in [0.717, 1.165) is 44.1 Å². The monoisotopic (exact) mass is 398 g/mol. The van der Waals surface area contributed by atoms with E-state index in [1.165, 1.54) is 6.08 Å². The average molecular weight is 398 g/mol. The third kappa shape index (κ3) is 4.00. The van der Waals surface area contributed by atoms with Crippen LogP contribution >= 0.6 is 0 Å². The predicted octanol–water partition coefficient (Wildman–Crippen LogP) is 4.62. The van der Waals surface area contributed by atoms with Crippen LogP contribution in [-0.2, 0) is 0 Å². The Morgan fingerprint density at radius 1 is 1.07 bits per heavy atom. The fourth-order valence-electron chi connectivity index (χ4n) is 4.84. The summed E-state index contributed by atoms with van der Waals surface area (Å²) in [5.74, 6) is 2.85. The maximum Gasteiger partial charge on any atom is 0.438 e. The second-order valence-electron chi connectivity index (χ2n) is 7.95. The number of aliphatic hydroxyl groups excluding tert-OH is 1. The zero-order valence-corrected chi connectivity index (χ0v) is 15.2. The lowest BCUT2D eigenvalue weighted by Gasteiger charge is -2.44. The number of rotatable bonds is 2. The summed E-state index contributed by atoms with van der Waals surface area (Å²) in [7, 11) is 0. The van der Waals surface area contributed by atoms with Crippen LogP contribution in [0.15, 0.2) is 12.2 Å². The summed E-state index contributed by atoms with van der Waals surface area (Å²) in [6.45, 7) is 3.94. The molecule has 5 atom stereocenters. The van der Waals surface area contributed by atoms with Crippen LogP contribution in [0.25, 0.3) is 0 Å². The van der Waals surface area contributed by atoms with E-state index in [0.29, 0.717) is 0 Å². The van der Waals surface area contributed by atoms with Crippen molar-refractivity contribution < 1.29 is 36.6 Å². The van der Waals surface area contributed by atoms with Gasteiger partial charge in [-0.3, -0.25) is 0 Å². The Labute approximate surface area is 154 Å². The molecule has 0 bridgehead atoms. The number of alkyl halides is 6. The van der Waals surface area contributed by atoms with Crippen LogP contribution in [0.1, 0.15) is 46.0 Å². The van der Waals surface area contributed by atoms with Crippen LogP contribution in [0.3, 0.4) is 0 Å². The van der Waals surface area contributed by atoms with E-state index in [9.17, 15) is 31.4 Å². The molecule has 5 unspecified atom stereocenters. The Morgan fingerprint density at radius 2 is 1.67 bits per heavy atom. The molecule has 27 heavy (non-hydrogen) atoms. The third-order valence-electron chi connectivity index (χ3n) is 6.35. The van der Waals surface area contributed by atoms with Gasteiger partial charge in [-0.2, -0.15) is 26.3 Å². The zero-order valence-electron chi connectivity index (χ0n) is 15.2. The predicted molar refractivity (Wildman–Crippen MR) is 87.3 cm³/mol. The largest absolute Gasteiger partial charge is 0.438 e. The first-order chi connectivity index (χ1) is 12.2. The molecule has 0 heterocycles. The molecule has 2 fully saturated rings. The average Bonchev–Trinajstić information content (AvgIpc) is 2.87. The van der Waals surface area contributed by atoms with Gasteiger partial charge < -0.3 is 10.2 Å². The van der Waals surface area contributed by atoms with Crippen molar-refractivity contribution >= 4 is 0 Å². The normalized spacial score (nSPS) is 33.5. The van der Waals surface area contributed by atoms with Gasteiger partial charge in [0.2, 0.25) is 0 Å². The van der Waals surface area contributed by atoms with Crippen molar-refractivity contribution in [2.75, 3.05) is 0 Å². The highest BCUT2D eigenvalue weighted by atomic mass is 19.4. The lowest BCUT2D eigenvalue weighted by atomic mass is 9.62. The van der Waals surface area contributed by atoms with E-state index in [2.05, 4.69) is 6.92 Å². The molecule has 8 heteroatoms. The van der Waals surface area contributed by atoms with Gasteiger partial charge in [0, 0.05) is 0 Å². The highest BCUT2D eigenvalue weighted by Gasteiger charge is 2.70. The molecule has 2 N–H and O–H groups in total. The van der Waals surface area contributed by atoms with Crippen LogP contribution < -0.4 is 0 Å². The van der Waals surface area contributed by atoms with Gasteiger partial charge in [0.05, 0.1) is 6.10 Å². The SMILES string of the molecule is CC(C=CC#CC(O)(C(F)(F)F)C(F)(F)F)C1CCC2C(O)CCCC12C. The fraction of sp³-hybridized carbons (Fsp3) is 0.789. The highest BCUT2D eigenvalue weighted by Crippen LogP contribution is 2.57. The first-order valence-electron chi connectivity index (χ1n) is 8.97. The maximum absolute atomic E-state index is 12.6. The van der Waals surface area contributed by atoms with E-state index in [1.807, 2.05) is 6.92 Å². The van der Waals surface area contributed by atoms with Gasteiger partial charge in [0.25, 0.3) is 0 Å². The fourth-order valence-corrected chi connectivity index (χ4v) is 4.84. The van der Waals surface area contributed by atoms with Crippen molar-refractivity contribution in [3.63, 3.8) is 0 Å². The summed E-state index contributed by atoms with van der Waals surface area (Å²) < 4.78 is 75.5. The summed E-state index contributed by atoms with van der Waals surface area (Å²) in [6, 6.07) is 0. The van der Waals surface area contributed by atoms with Crippen molar-refractivity contribution in [2.45, 2.75) is 70.0 Å². The summed E-state index contributed by atoms with van der Waals surface area (Å²) in [4.78, 5) is 0. The van der Waals surface area contributed by atoms with E-state index in [1.54, 1.807) is 5.92 Å². The van der Waals surface area contributed by atoms with Gasteiger partial charge in [0.15, 0.2) is 0 Å². The molecule has 2 nitrogen and oxygen atoms in total. The molecule has 2 aliphatic carbocycles. The Kier molecular flexibility index (Phi) is 5.99. The van der Waals surface area contributed by atoms with Gasteiger partial charge in [-0.15, -0.1) is 0 Å². The Hall–Kier alpha value is -1.20. The van der Waals surface area contributed by atoms with E-state index < -0.39 is 18.0 Å². The number of halogens is 6. The molecule has 2 saturated carbocycles. The maximum atomic E-state index is 12.6. The van der Waals surface area contributed by atoms with Crippen LogP contribution in [0.2, 0.25) is 0 Å². The van der Waals surface area contributed by atoms with Crippen molar-refractivity contribution in [3.8, 4) is 11.8 Å². The smallest absolute Gasteiger partial charge is 0.393 e. The summed E-state index contributed by atoms with van der Waals surface area (Å²) in [5, 5.41) is 19.2. The molecule has 0 aromatic rings. The van der Waals surface area contributed by atoms with Gasteiger partial charge >= 0.3 is 18.0 Å². The van der Waals surface area contributed by atoms with Gasteiger partial charge in [-0.25, -0.2) is 0 Å². The van der Waals surface area contributed by atoms with Crippen LogP contribution in [0.5, 0.6) is 0 Å². The highest BCUT2D eigenvalue weighted by molar-refractivity contribution is 5.27.